The molecule has 1 amide bonds. The molecule has 7 heteroatoms. The van der Waals surface area contributed by atoms with E-state index < -0.39 is 12.0 Å². The van der Waals surface area contributed by atoms with Gasteiger partial charge in [-0.1, -0.05) is 6.92 Å². The number of aromatic nitrogens is 2. The van der Waals surface area contributed by atoms with Gasteiger partial charge in [-0.3, -0.25) is 19.2 Å². The molecule has 0 radical (unpaired) electrons. The highest BCUT2D eigenvalue weighted by molar-refractivity contribution is 5.92. The van der Waals surface area contributed by atoms with Crippen molar-refractivity contribution in [3.8, 4) is 0 Å². The Morgan fingerprint density at radius 3 is 2.57 bits per heavy atom. The second kappa shape index (κ2) is 7.59. The van der Waals surface area contributed by atoms with E-state index in [0.29, 0.717) is 38.3 Å². The van der Waals surface area contributed by atoms with Crippen molar-refractivity contribution < 1.29 is 14.7 Å². The highest BCUT2D eigenvalue weighted by Crippen LogP contribution is 2.13. The molecule has 1 aromatic heterocycles. The van der Waals surface area contributed by atoms with Gasteiger partial charge in [0, 0.05) is 38.4 Å². The fourth-order valence-corrected chi connectivity index (χ4v) is 2.94. The number of hydrogen-bond acceptors (Lipinski definition) is 4. The Hall–Kier alpha value is -1.89. The number of aliphatic carboxylic acids is 1. The minimum atomic E-state index is -0.789. The maximum absolute atomic E-state index is 12.6. The summed E-state index contributed by atoms with van der Waals surface area (Å²) in [6.07, 6.45) is 3.17. The minimum absolute atomic E-state index is 0.0744. The lowest BCUT2D eigenvalue weighted by molar-refractivity contribution is -0.143. The monoisotopic (exact) mass is 322 g/mol. The fourth-order valence-electron chi connectivity index (χ4n) is 2.94. The molecule has 1 unspecified atom stereocenters. The number of nitrogens with zero attached hydrogens (tertiary/aromatic N) is 4. The maximum Gasteiger partial charge on any atom is 0.320 e. The number of carbonyl (C=O) groups is 2. The summed E-state index contributed by atoms with van der Waals surface area (Å²) in [6, 6.07) is 1.50. The summed E-state index contributed by atoms with van der Waals surface area (Å²) < 4.78 is 1.77. The van der Waals surface area contributed by atoms with Crippen LogP contribution < -0.4 is 0 Å². The van der Waals surface area contributed by atoms with Crippen molar-refractivity contribution in [2.24, 2.45) is 0 Å². The first-order valence-corrected chi connectivity index (χ1v) is 8.25. The van der Waals surface area contributed by atoms with E-state index in [4.69, 9.17) is 0 Å². The van der Waals surface area contributed by atoms with Crippen LogP contribution in [0.3, 0.4) is 0 Å². The molecule has 1 saturated heterocycles. The van der Waals surface area contributed by atoms with Crippen molar-refractivity contribution in [2.45, 2.75) is 45.7 Å². The van der Waals surface area contributed by atoms with Crippen LogP contribution in [0.15, 0.2) is 12.3 Å². The number of amides is 1. The lowest BCUT2D eigenvalue weighted by atomic mass is 10.2. The maximum atomic E-state index is 12.6. The molecule has 1 aromatic rings. The standard InChI is InChI=1S/C16H26N4O3/c1-4-14(16(22)23)18-7-5-8-19(11-10-18)15(21)13-6-9-20(17-13)12(2)3/h6,9,12,14H,4-5,7-8,10-11H2,1-3H3,(H,22,23). The lowest BCUT2D eigenvalue weighted by Gasteiger charge is -2.26. The zero-order valence-corrected chi connectivity index (χ0v) is 14.1. The summed E-state index contributed by atoms with van der Waals surface area (Å²) in [4.78, 5) is 27.6. The van der Waals surface area contributed by atoms with Crippen molar-refractivity contribution in [3.05, 3.63) is 18.0 Å². The van der Waals surface area contributed by atoms with E-state index in [1.807, 2.05) is 31.9 Å². The summed E-state index contributed by atoms with van der Waals surface area (Å²) >= 11 is 0. The number of carboxylic acids is 1. The Bertz CT molecular complexity index is 555. The Kier molecular flexibility index (Phi) is 5.76. The van der Waals surface area contributed by atoms with Crippen LogP contribution in [0, 0.1) is 0 Å². The van der Waals surface area contributed by atoms with E-state index in [-0.39, 0.29) is 11.9 Å². The predicted octanol–water partition coefficient (Wildman–Crippen LogP) is 1.48. The van der Waals surface area contributed by atoms with Gasteiger partial charge in [-0.25, -0.2) is 0 Å². The molecule has 1 aliphatic rings. The van der Waals surface area contributed by atoms with Gasteiger partial charge < -0.3 is 10.0 Å². The zero-order valence-electron chi connectivity index (χ0n) is 14.1. The average Bonchev–Trinajstić information content (AvgIpc) is 2.88. The third-order valence-corrected chi connectivity index (χ3v) is 4.29. The second-order valence-corrected chi connectivity index (χ2v) is 6.22. The molecule has 128 valence electrons. The molecule has 23 heavy (non-hydrogen) atoms. The first-order valence-electron chi connectivity index (χ1n) is 8.25. The third-order valence-electron chi connectivity index (χ3n) is 4.29. The van der Waals surface area contributed by atoms with Gasteiger partial charge in [0.2, 0.25) is 0 Å². The first kappa shape index (κ1) is 17.5. The van der Waals surface area contributed by atoms with Crippen LogP contribution in [0.1, 0.15) is 50.1 Å². The van der Waals surface area contributed by atoms with Crippen molar-refractivity contribution in [2.75, 3.05) is 26.2 Å². The van der Waals surface area contributed by atoms with Gasteiger partial charge in [0.1, 0.15) is 11.7 Å². The van der Waals surface area contributed by atoms with Crippen LogP contribution >= 0.6 is 0 Å². The van der Waals surface area contributed by atoms with Crippen LogP contribution in [-0.2, 0) is 4.79 Å². The summed E-state index contributed by atoms with van der Waals surface area (Å²) in [5.41, 5.74) is 0.456. The molecule has 0 bridgehead atoms. The number of carboxylic acid groups (broad SMARTS) is 1. The normalized spacial score (nSPS) is 18.0. The lowest BCUT2D eigenvalue weighted by Crippen LogP contribution is -2.43. The molecule has 1 N–H and O–H groups in total. The van der Waals surface area contributed by atoms with Gasteiger partial charge in [-0.2, -0.15) is 5.10 Å². The fraction of sp³-hybridized carbons (Fsp3) is 0.688. The molecule has 2 heterocycles. The predicted molar refractivity (Wildman–Crippen MR) is 86.4 cm³/mol. The molecule has 0 aliphatic carbocycles. The van der Waals surface area contributed by atoms with Gasteiger partial charge in [0.15, 0.2) is 0 Å². The van der Waals surface area contributed by atoms with E-state index in [0.717, 1.165) is 6.42 Å². The highest BCUT2D eigenvalue weighted by Gasteiger charge is 2.28. The quantitative estimate of drug-likeness (QED) is 0.888. The second-order valence-electron chi connectivity index (χ2n) is 6.22. The Balaban J connectivity index is 2.01. The molecule has 2 rings (SSSR count). The van der Waals surface area contributed by atoms with Crippen molar-refractivity contribution in [1.82, 2.24) is 19.6 Å². The van der Waals surface area contributed by atoms with Gasteiger partial charge >= 0.3 is 5.97 Å². The summed E-state index contributed by atoms with van der Waals surface area (Å²) in [7, 11) is 0. The van der Waals surface area contributed by atoms with Gasteiger partial charge in [-0.05, 0) is 32.8 Å². The molecule has 0 saturated carbocycles. The highest BCUT2D eigenvalue weighted by atomic mass is 16.4. The van der Waals surface area contributed by atoms with Gasteiger partial charge in [-0.15, -0.1) is 0 Å². The minimum Gasteiger partial charge on any atom is -0.480 e. The number of hydrogen-bond donors (Lipinski definition) is 1. The molecule has 1 atom stereocenters. The molecular formula is C16H26N4O3. The molecule has 7 nitrogen and oxygen atoms in total. The first-order chi connectivity index (χ1) is 10.9. The van der Waals surface area contributed by atoms with Gasteiger partial charge in [0.05, 0.1) is 0 Å². The van der Waals surface area contributed by atoms with Gasteiger partial charge in [0.25, 0.3) is 5.91 Å². The van der Waals surface area contributed by atoms with Crippen molar-refractivity contribution >= 4 is 11.9 Å². The van der Waals surface area contributed by atoms with E-state index in [2.05, 4.69) is 5.10 Å². The average molecular weight is 322 g/mol. The molecule has 1 fully saturated rings. The number of rotatable bonds is 5. The molecule has 0 spiro atoms. The molecule has 1 aliphatic heterocycles. The summed E-state index contributed by atoms with van der Waals surface area (Å²) in [6.45, 7) is 8.38. The summed E-state index contributed by atoms with van der Waals surface area (Å²) in [5.74, 6) is -0.863. The van der Waals surface area contributed by atoms with Crippen LogP contribution in [0.25, 0.3) is 0 Å². The Morgan fingerprint density at radius 1 is 1.26 bits per heavy atom. The zero-order chi connectivity index (χ0) is 17.0. The van der Waals surface area contributed by atoms with E-state index in [1.54, 1.807) is 15.6 Å². The van der Waals surface area contributed by atoms with E-state index in [1.165, 1.54) is 0 Å². The SMILES string of the molecule is CCC(C(=O)O)N1CCCN(C(=O)c2ccn(C(C)C)n2)CC1. The van der Waals surface area contributed by atoms with Crippen LogP contribution in [0.2, 0.25) is 0 Å². The van der Waals surface area contributed by atoms with Crippen LogP contribution in [0.4, 0.5) is 0 Å². The Morgan fingerprint density at radius 2 is 2.00 bits per heavy atom. The molecule has 0 aromatic carbocycles. The largest absolute Gasteiger partial charge is 0.480 e. The third kappa shape index (κ3) is 4.10. The van der Waals surface area contributed by atoms with E-state index in [9.17, 15) is 14.7 Å². The van der Waals surface area contributed by atoms with Crippen molar-refractivity contribution in [1.29, 1.82) is 0 Å². The van der Waals surface area contributed by atoms with Crippen LogP contribution in [-0.4, -0.2) is 68.8 Å². The smallest absolute Gasteiger partial charge is 0.320 e. The summed E-state index contributed by atoms with van der Waals surface area (Å²) in [5, 5.41) is 13.6. The molecular weight excluding hydrogens is 296 g/mol. The number of carbonyl (C=O) groups excluding carboxylic acids is 1. The van der Waals surface area contributed by atoms with Crippen LogP contribution in [0.5, 0.6) is 0 Å². The Labute approximate surface area is 136 Å². The van der Waals surface area contributed by atoms with Crippen molar-refractivity contribution in [3.63, 3.8) is 0 Å². The van der Waals surface area contributed by atoms with E-state index >= 15 is 0 Å². The topological polar surface area (TPSA) is 78.7 Å².